The van der Waals surface area contributed by atoms with Crippen molar-refractivity contribution in [3.8, 4) is 6.07 Å². The highest BCUT2D eigenvalue weighted by atomic mass is 79.9. The van der Waals surface area contributed by atoms with Gasteiger partial charge in [0.15, 0.2) is 0 Å². The maximum atomic E-state index is 13.4. The highest BCUT2D eigenvalue weighted by Crippen LogP contribution is 2.22. The van der Waals surface area contributed by atoms with Crippen LogP contribution in [0, 0.1) is 17.1 Å². The molecule has 0 unspecified atom stereocenters. The molecule has 0 radical (unpaired) electrons. The summed E-state index contributed by atoms with van der Waals surface area (Å²) in [7, 11) is 0. The summed E-state index contributed by atoms with van der Waals surface area (Å²) in [6.07, 6.45) is 0. The third kappa shape index (κ3) is 2.78. The summed E-state index contributed by atoms with van der Waals surface area (Å²) in [6, 6.07) is 10.4. The Morgan fingerprint density at radius 1 is 1.35 bits per heavy atom. The molecule has 2 aromatic rings. The number of hydrogen-bond acceptors (Lipinski definition) is 3. The Morgan fingerprint density at radius 3 is 2.75 bits per heavy atom. The molecule has 20 heavy (non-hydrogen) atoms. The maximum absolute atomic E-state index is 13.4. The van der Waals surface area contributed by atoms with Crippen LogP contribution in [0.25, 0.3) is 0 Å². The van der Waals surface area contributed by atoms with Crippen LogP contribution in [0.5, 0.6) is 0 Å². The van der Waals surface area contributed by atoms with E-state index in [0.717, 1.165) is 6.07 Å². The van der Waals surface area contributed by atoms with Crippen molar-refractivity contribution in [1.29, 1.82) is 5.26 Å². The second kappa shape index (κ2) is 5.72. The molecule has 0 bridgehead atoms. The van der Waals surface area contributed by atoms with Crippen molar-refractivity contribution in [3.63, 3.8) is 0 Å². The Morgan fingerprint density at radius 2 is 2.10 bits per heavy atom. The third-order valence-corrected chi connectivity index (χ3v) is 3.32. The molecule has 3 N–H and O–H groups in total. The highest BCUT2D eigenvalue weighted by molar-refractivity contribution is 9.10. The van der Waals surface area contributed by atoms with Gasteiger partial charge in [-0.15, -0.1) is 0 Å². The number of nitrogens with one attached hydrogen (secondary N) is 1. The Balaban J connectivity index is 2.31. The van der Waals surface area contributed by atoms with E-state index in [1.807, 2.05) is 0 Å². The Labute approximate surface area is 123 Å². The van der Waals surface area contributed by atoms with E-state index in [1.54, 1.807) is 24.3 Å². The number of hydrogen-bond donors (Lipinski definition) is 2. The van der Waals surface area contributed by atoms with E-state index in [0.29, 0.717) is 15.7 Å². The first-order chi connectivity index (χ1) is 9.52. The molecule has 0 aliphatic heterocycles. The second-order valence-electron chi connectivity index (χ2n) is 3.96. The first-order valence-electron chi connectivity index (χ1n) is 5.58. The Hall–Kier alpha value is -2.39. The smallest absolute Gasteiger partial charge is 0.255 e. The van der Waals surface area contributed by atoms with Crippen LogP contribution in [0.4, 0.5) is 15.8 Å². The first kappa shape index (κ1) is 14.0. The molecule has 100 valence electrons. The van der Waals surface area contributed by atoms with E-state index in [9.17, 15) is 9.18 Å². The lowest BCUT2D eigenvalue weighted by Gasteiger charge is -2.08. The third-order valence-electron chi connectivity index (χ3n) is 2.64. The molecule has 0 fully saturated rings. The van der Waals surface area contributed by atoms with Gasteiger partial charge in [0.2, 0.25) is 0 Å². The van der Waals surface area contributed by atoms with Gasteiger partial charge in [0.1, 0.15) is 17.4 Å². The minimum Gasteiger partial charge on any atom is -0.398 e. The monoisotopic (exact) mass is 333 g/mol. The lowest BCUT2D eigenvalue weighted by atomic mass is 10.1. The molecule has 1 amide bonds. The fourth-order valence-electron chi connectivity index (χ4n) is 1.60. The first-order valence-corrected chi connectivity index (χ1v) is 6.37. The van der Waals surface area contributed by atoms with Gasteiger partial charge in [0, 0.05) is 15.7 Å². The van der Waals surface area contributed by atoms with Gasteiger partial charge in [-0.1, -0.05) is 6.07 Å². The van der Waals surface area contributed by atoms with E-state index in [-0.39, 0.29) is 11.3 Å². The molecular weight excluding hydrogens is 325 g/mol. The van der Waals surface area contributed by atoms with Gasteiger partial charge in [-0.2, -0.15) is 5.26 Å². The maximum Gasteiger partial charge on any atom is 0.255 e. The zero-order valence-corrected chi connectivity index (χ0v) is 11.7. The fraction of sp³-hybridized carbons (Fsp3) is 0. The van der Waals surface area contributed by atoms with Crippen LogP contribution < -0.4 is 11.1 Å². The fourth-order valence-corrected chi connectivity index (χ4v) is 1.98. The van der Waals surface area contributed by atoms with Gasteiger partial charge in [0.05, 0.1) is 5.69 Å². The van der Waals surface area contributed by atoms with Crippen molar-refractivity contribution in [2.75, 3.05) is 11.1 Å². The summed E-state index contributed by atoms with van der Waals surface area (Å²) >= 11 is 3.22. The number of nitrogens with zero attached hydrogens (tertiary/aromatic N) is 1. The molecule has 0 aliphatic carbocycles. The summed E-state index contributed by atoms with van der Waals surface area (Å²) in [5, 5.41) is 11.4. The van der Waals surface area contributed by atoms with Gasteiger partial charge in [0.25, 0.3) is 5.91 Å². The van der Waals surface area contributed by atoms with Crippen LogP contribution in [0.1, 0.15) is 15.9 Å². The summed E-state index contributed by atoms with van der Waals surface area (Å²) in [5.74, 6) is -1.13. The zero-order valence-electron chi connectivity index (χ0n) is 10.2. The summed E-state index contributed by atoms with van der Waals surface area (Å²) < 4.78 is 14.0. The number of anilines is 2. The van der Waals surface area contributed by atoms with E-state index in [4.69, 9.17) is 11.0 Å². The molecule has 0 atom stereocenters. The Kier molecular flexibility index (Phi) is 4.01. The molecule has 0 heterocycles. The predicted octanol–water partition coefficient (Wildman–Crippen LogP) is 3.29. The SMILES string of the molecule is N#Cc1c(F)cccc1NC(=O)c1ccc(N)c(Br)c1. The van der Waals surface area contributed by atoms with Gasteiger partial charge in [-0.25, -0.2) is 4.39 Å². The van der Waals surface area contributed by atoms with Crippen molar-refractivity contribution >= 4 is 33.2 Å². The molecule has 6 heteroatoms. The second-order valence-corrected chi connectivity index (χ2v) is 4.82. The zero-order chi connectivity index (χ0) is 14.7. The average Bonchev–Trinajstić information content (AvgIpc) is 2.42. The molecular formula is C14H9BrFN3O. The number of carbonyl (C=O) groups is 1. The predicted molar refractivity (Wildman–Crippen MR) is 77.6 cm³/mol. The van der Waals surface area contributed by atoms with Crippen LogP contribution in [0.15, 0.2) is 40.9 Å². The summed E-state index contributed by atoms with van der Waals surface area (Å²) in [4.78, 5) is 12.1. The number of nitrogens with two attached hydrogens (primary N) is 1. The lowest BCUT2D eigenvalue weighted by molar-refractivity contribution is 0.102. The van der Waals surface area contributed by atoms with E-state index in [1.165, 1.54) is 12.1 Å². The van der Waals surface area contributed by atoms with E-state index in [2.05, 4.69) is 21.2 Å². The molecule has 0 spiro atoms. The van der Waals surface area contributed by atoms with Crippen molar-refractivity contribution in [2.45, 2.75) is 0 Å². The Bertz CT molecular complexity index is 725. The van der Waals surface area contributed by atoms with Crippen LogP contribution >= 0.6 is 15.9 Å². The van der Waals surface area contributed by atoms with Crippen LogP contribution in [0.2, 0.25) is 0 Å². The quantitative estimate of drug-likeness (QED) is 0.827. The molecule has 2 aromatic carbocycles. The average molecular weight is 334 g/mol. The summed E-state index contributed by atoms with van der Waals surface area (Å²) in [6.45, 7) is 0. The number of nitrogen functional groups attached to an aromatic ring is 1. The van der Waals surface area contributed by atoms with Gasteiger partial charge in [-0.3, -0.25) is 4.79 Å². The minimum absolute atomic E-state index is 0.130. The van der Waals surface area contributed by atoms with Crippen molar-refractivity contribution < 1.29 is 9.18 Å². The van der Waals surface area contributed by atoms with E-state index < -0.39 is 11.7 Å². The summed E-state index contributed by atoms with van der Waals surface area (Å²) in [5.41, 5.74) is 6.42. The molecule has 4 nitrogen and oxygen atoms in total. The van der Waals surface area contributed by atoms with Gasteiger partial charge >= 0.3 is 0 Å². The van der Waals surface area contributed by atoms with Crippen LogP contribution in [-0.2, 0) is 0 Å². The van der Waals surface area contributed by atoms with Crippen molar-refractivity contribution in [1.82, 2.24) is 0 Å². The minimum atomic E-state index is -0.677. The number of nitriles is 1. The normalized spacial score (nSPS) is 9.85. The van der Waals surface area contributed by atoms with E-state index >= 15 is 0 Å². The number of carbonyl (C=O) groups excluding carboxylic acids is 1. The largest absolute Gasteiger partial charge is 0.398 e. The molecule has 0 saturated heterocycles. The number of rotatable bonds is 2. The lowest BCUT2D eigenvalue weighted by Crippen LogP contribution is -2.13. The van der Waals surface area contributed by atoms with Gasteiger partial charge < -0.3 is 11.1 Å². The number of benzene rings is 2. The number of amides is 1. The van der Waals surface area contributed by atoms with Crippen molar-refractivity contribution in [2.24, 2.45) is 0 Å². The molecule has 0 aromatic heterocycles. The van der Waals surface area contributed by atoms with Crippen LogP contribution in [0.3, 0.4) is 0 Å². The molecule has 0 saturated carbocycles. The standard InChI is InChI=1S/C14H9BrFN3O/c15-10-6-8(4-5-12(10)18)14(20)19-13-3-1-2-11(16)9(13)7-17/h1-6H,18H2,(H,19,20). The highest BCUT2D eigenvalue weighted by Gasteiger charge is 2.12. The van der Waals surface area contributed by atoms with Crippen LogP contribution in [-0.4, -0.2) is 5.91 Å². The molecule has 0 aliphatic rings. The van der Waals surface area contributed by atoms with Gasteiger partial charge in [-0.05, 0) is 46.3 Å². The topological polar surface area (TPSA) is 78.9 Å². The van der Waals surface area contributed by atoms with Crippen molar-refractivity contribution in [3.05, 3.63) is 57.8 Å². The molecule has 2 rings (SSSR count). The number of halogens is 2.